The van der Waals surface area contributed by atoms with Gasteiger partial charge in [-0.3, -0.25) is 9.59 Å². The Bertz CT molecular complexity index is 1560. The molecule has 1 aliphatic rings. The molecule has 4 aromatic rings. The maximum atomic E-state index is 14.1. The Balaban J connectivity index is 1.56. The fraction of sp³-hybridized carbons (Fsp3) is 0.278. The highest BCUT2D eigenvalue weighted by atomic mass is 16.5. The average Bonchev–Trinajstić information content (AvgIpc) is 3.00. The second kappa shape index (κ2) is 13.3. The normalized spacial score (nSPS) is 12.0. The highest BCUT2D eigenvalue weighted by Gasteiger charge is 2.34. The number of hydrogen-bond acceptors (Lipinski definition) is 8. The van der Waals surface area contributed by atoms with Crippen molar-refractivity contribution >= 4 is 34.3 Å². The van der Waals surface area contributed by atoms with Gasteiger partial charge < -0.3 is 29.6 Å². The number of carbonyl (C=O) groups excluding carboxylic acids is 2. The first-order valence-corrected chi connectivity index (χ1v) is 14.6. The van der Waals surface area contributed by atoms with Crippen molar-refractivity contribution in [2.24, 2.45) is 0 Å². The Hall–Kier alpha value is -4.66. The van der Waals surface area contributed by atoms with E-state index in [1.807, 2.05) is 64.1 Å². The van der Waals surface area contributed by atoms with E-state index in [9.17, 15) is 9.59 Å². The molecule has 1 aliphatic carbocycles. The zero-order chi connectivity index (χ0) is 31.4. The number of ether oxygens (including phenoxy) is 4. The SMILES string of the molecule is COCCOc1cc(C)c(Nc2ccc(Nc3c(C)cc(OCCOC)cc3C)c3c2C(=O)c2ccccc2C3=O)c(C)c1. The maximum absolute atomic E-state index is 14.1. The van der Waals surface area contributed by atoms with E-state index < -0.39 is 0 Å². The van der Waals surface area contributed by atoms with Crippen molar-refractivity contribution in [3.63, 3.8) is 0 Å². The molecule has 0 fully saturated rings. The van der Waals surface area contributed by atoms with Crippen LogP contribution in [0.4, 0.5) is 22.7 Å². The summed E-state index contributed by atoms with van der Waals surface area (Å²) in [4.78, 5) is 28.1. The lowest BCUT2D eigenvalue weighted by atomic mass is 9.82. The summed E-state index contributed by atoms with van der Waals surface area (Å²) in [6, 6.07) is 18.5. The van der Waals surface area contributed by atoms with Crippen molar-refractivity contribution in [1.29, 1.82) is 0 Å². The summed E-state index contributed by atoms with van der Waals surface area (Å²) >= 11 is 0. The molecule has 0 spiro atoms. The molecule has 2 N–H and O–H groups in total. The standard InChI is InChI=1S/C36H38N2O6/c1-21-17-25(43-15-13-41-5)18-22(2)33(21)37-29-11-12-30(32-31(29)35(39)27-9-7-8-10-28(27)36(32)40)38-34-23(3)19-26(20-24(34)4)44-16-14-42-6/h7-12,17-20,37-38H,13-16H2,1-6H3. The fourth-order valence-corrected chi connectivity index (χ4v) is 5.59. The Labute approximate surface area is 258 Å². The quantitative estimate of drug-likeness (QED) is 0.146. The molecular formula is C36H38N2O6. The molecule has 228 valence electrons. The summed E-state index contributed by atoms with van der Waals surface area (Å²) in [7, 11) is 3.27. The van der Waals surface area contributed by atoms with E-state index >= 15 is 0 Å². The van der Waals surface area contributed by atoms with Crippen molar-refractivity contribution in [2.75, 3.05) is 51.3 Å². The molecule has 0 bridgehead atoms. The molecule has 4 aromatic carbocycles. The van der Waals surface area contributed by atoms with Crippen LogP contribution in [0.5, 0.6) is 11.5 Å². The highest BCUT2D eigenvalue weighted by Crippen LogP contribution is 2.41. The Morgan fingerprint density at radius 2 is 0.909 bits per heavy atom. The van der Waals surface area contributed by atoms with Gasteiger partial charge in [-0.1, -0.05) is 24.3 Å². The third-order valence-corrected chi connectivity index (χ3v) is 7.72. The monoisotopic (exact) mass is 594 g/mol. The van der Waals surface area contributed by atoms with Crippen molar-refractivity contribution in [3.8, 4) is 11.5 Å². The molecule has 0 aromatic heterocycles. The number of methoxy groups -OCH3 is 2. The van der Waals surface area contributed by atoms with E-state index in [1.165, 1.54) is 0 Å². The van der Waals surface area contributed by atoms with E-state index in [1.54, 1.807) is 38.5 Å². The molecular weight excluding hydrogens is 556 g/mol. The minimum atomic E-state index is -0.202. The molecule has 0 radical (unpaired) electrons. The first-order chi connectivity index (χ1) is 21.2. The predicted octanol–water partition coefficient (Wildman–Crippen LogP) is 7.23. The van der Waals surface area contributed by atoms with Gasteiger partial charge in [0.2, 0.25) is 0 Å². The number of benzene rings is 4. The summed E-state index contributed by atoms with van der Waals surface area (Å²) in [6.07, 6.45) is 0. The second-order valence-corrected chi connectivity index (χ2v) is 10.9. The van der Waals surface area contributed by atoms with Crippen LogP contribution < -0.4 is 20.1 Å². The third kappa shape index (κ3) is 6.18. The molecule has 44 heavy (non-hydrogen) atoms. The lowest BCUT2D eigenvalue weighted by Gasteiger charge is -2.25. The van der Waals surface area contributed by atoms with Gasteiger partial charge in [-0.05, 0) is 86.3 Å². The molecule has 8 heteroatoms. The smallest absolute Gasteiger partial charge is 0.196 e. The molecule has 0 saturated heterocycles. The Kier molecular flexibility index (Phi) is 9.32. The molecule has 0 heterocycles. The van der Waals surface area contributed by atoms with Gasteiger partial charge in [-0.25, -0.2) is 0 Å². The highest BCUT2D eigenvalue weighted by molar-refractivity contribution is 6.32. The summed E-state index contributed by atoms with van der Waals surface area (Å²) in [5.74, 6) is 1.08. The summed E-state index contributed by atoms with van der Waals surface area (Å²) in [5, 5.41) is 6.97. The van der Waals surface area contributed by atoms with E-state index in [2.05, 4.69) is 10.6 Å². The number of anilines is 4. The lowest BCUT2D eigenvalue weighted by Crippen LogP contribution is -2.23. The third-order valence-electron chi connectivity index (χ3n) is 7.72. The number of carbonyl (C=O) groups is 2. The number of aryl methyl sites for hydroxylation is 4. The van der Waals surface area contributed by atoms with Gasteiger partial charge in [0.05, 0.1) is 35.7 Å². The number of ketones is 2. The number of nitrogens with one attached hydrogen (secondary N) is 2. The zero-order valence-corrected chi connectivity index (χ0v) is 26.1. The van der Waals surface area contributed by atoms with E-state index in [0.717, 1.165) is 45.1 Å². The van der Waals surface area contributed by atoms with Gasteiger partial charge in [-0.2, -0.15) is 0 Å². The molecule has 0 saturated carbocycles. The van der Waals surface area contributed by atoms with Crippen LogP contribution in [-0.2, 0) is 9.47 Å². The van der Waals surface area contributed by atoms with Crippen LogP contribution in [0.25, 0.3) is 0 Å². The largest absolute Gasteiger partial charge is 0.491 e. The first-order valence-electron chi connectivity index (χ1n) is 14.6. The topological polar surface area (TPSA) is 95.1 Å². The van der Waals surface area contributed by atoms with Crippen LogP contribution in [0.2, 0.25) is 0 Å². The van der Waals surface area contributed by atoms with Crippen LogP contribution in [0.15, 0.2) is 60.7 Å². The fourth-order valence-electron chi connectivity index (χ4n) is 5.59. The summed E-state index contributed by atoms with van der Waals surface area (Å²) < 4.78 is 21.8. The molecule has 8 nitrogen and oxygen atoms in total. The van der Waals surface area contributed by atoms with Crippen LogP contribution in [0.1, 0.15) is 54.1 Å². The van der Waals surface area contributed by atoms with Crippen molar-refractivity contribution in [2.45, 2.75) is 27.7 Å². The van der Waals surface area contributed by atoms with E-state index in [-0.39, 0.29) is 11.6 Å². The molecule has 5 rings (SSSR count). The van der Waals surface area contributed by atoms with E-state index in [4.69, 9.17) is 18.9 Å². The summed E-state index contributed by atoms with van der Waals surface area (Å²) in [5.41, 5.74) is 8.08. The second-order valence-electron chi connectivity index (χ2n) is 10.9. The van der Waals surface area contributed by atoms with Crippen molar-refractivity contribution < 1.29 is 28.5 Å². The molecule has 0 unspecified atom stereocenters. The van der Waals surface area contributed by atoms with Crippen molar-refractivity contribution in [3.05, 3.63) is 105 Å². The Morgan fingerprint density at radius 1 is 0.545 bits per heavy atom. The van der Waals surface area contributed by atoms with Crippen molar-refractivity contribution in [1.82, 2.24) is 0 Å². The number of rotatable bonds is 12. The minimum absolute atomic E-state index is 0.202. The summed E-state index contributed by atoms with van der Waals surface area (Å²) in [6.45, 7) is 9.82. The molecule has 0 amide bonds. The van der Waals surface area contributed by atoms with Gasteiger partial charge >= 0.3 is 0 Å². The van der Waals surface area contributed by atoms with Gasteiger partial charge in [-0.15, -0.1) is 0 Å². The van der Waals surface area contributed by atoms with Crippen LogP contribution >= 0.6 is 0 Å². The van der Waals surface area contributed by atoms with Crippen LogP contribution in [0, 0.1) is 27.7 Å². The lowest BCUT2D eigenvalue weighted by molar-refractivity contribution is 0.0980. The predicted molar refractivity (Wildman–Crippen MR) is 173 cm³/mol. The van der Waals surface area contributed by atoms with Gasteiger partial charge in [0.1, 0.15) is 24.7 Å². The van der Waals surface area contributed by atoms with Gasteiger partial charge in [0.15, 0.2) is 11.6 Å². The van der Waals surface area contributed by atoms with Crippen LogP contribution in [-0.4, -0.2) is 52.2 Å². The zero-order valence-electron chi connectivity index (χ0n) is 26.1. The van der Waals surface area contributed by atoms with E-state index in [0.29, 0.717) is 60.1 Å². The maximum Gasteiger partial charge on any atom is 0.196 e. The van der Waals surface area contributed by atoms with Gasteiger partial charge in [0, 0.05) is 36.7 Å². The Morgan fingerprint density at radius 3 is 1.25 bits per heavy atom. The first kappa shape index (κ1) is 30.8. The molecule has 0 atom stereocenters. The van der Waals surface area contributed by atoms with Crippen LogP contribution in [0.3, 0.4) is 0 Å². The van der Waals surface area contributed by atoms with Gasteiger partial charge in [0.25, 0.3) is 0 Å². The number of hydrogen-bond donors (Lipinski definition) is 2. The average molecular weight is 595 g/mol. The minimum Gasteiger partial charge on any atom is -0.491 e. The molecule has 0 aliphatic heterocycles. The number of fused-ring (bicyclic) bond motifs is 2.